The molecule has 0 saturated heterocycles. The highest BCUT2D eigenvalue weighted by molar-refractivity contribution is 14.1. The topological polar surface area (TPSA) is 61.5 Å². The van der Waals surface area contributed by atoms with Gasteiger partial charge in [-0.2, -0.15) is 0 Å². The van der Waals surface area contributed by atoms with Gasteiger partial charge in [0.05, 0.1) is 12.7 Å². The van der Waals surface area contributed by atoms with E-state index in [-0.39, 0.29) is 5.56 Å². The fraction of sp³-hybridized carbons (Fsp3) is 0.500. The predicted molar refractivity (Wildman–Crippen MR) is 83.9 cm³/mol. The Hall–Kier alpha value is -0.890. The lowest BCUT2D eigenvalue weighted by Crippen LogP contribution is -2.29. The summed E-state index contributed by atoms with van der Waals surface area (Å²) in [4.78, 5) is 11.9. The van der Waals surface area contributed by atoms with E-state index in [2.05, 4.69) is 0 Å². The molecule has 1 rings (SSSR count). The number of halogens is 2. The molecule has 4 nitrogen and oxygen atoms in total. The van der Waals surface area contributed by atoms with Crippen molar-refractivity contribution in [3.05, 3.63) is 26.6 Å². The second kappa shape index (κ2) is 6.26. The van der Waals surface area contributed by atoms with Gasteiger partial charge >= 0.3 is 5.97 Å². The number of methoxy groups -OCH3 is 1. The maximum Gasteiger partial charge on any atom is 0.339 e. The van der Waals surface area contributed by atoms with Crippen LogP contribution in [-0.2, 0) is 14.3 Å². The highest BCUT2D eigenvalue weighted by Gasteiger charge is 2.32. The van der Waals surface area contributed by atoms with Crippen molar-refractivity contribution in [3.63, 3.8) is 0 Å². The van der Waals surface area contributed by atoms with Crippen molar-refractivity contribution in [2.75, 3.05) is 12.8 Å². The molecule has 0 fully saturated rings. The number of nitrogen functional groups attached to an aromatic ring is 1. The fourth-order valence-electron chi connectivity index (χ4n) is 1.78. The third-order valence-electron chi connectivity index (χ3n) is 2.72. The van der Waals surface area contributed by atoms with Crippen molar-refractivity contribution in [1.82, 2.24) is 0 Å². The Morgan fingerprint density at radius 2 is 2.00 bits per heavy atom. The monoisotopic (exact) mass is 395 g/mol. The molecule has 1 unspecified atom stereocenters. The molecular weight excluding hydrogens is 376 g/mol. The Morgan fingerprint density at radius 3 is 2.45 bits per heavy atom. The second-order valence-corrected chi connectivity index (χ2v) is 6.59. The number of esters is 1. The van der Waals surface area contributed by atoms with Crippen LogP contribution in [0.15, 0.2) is 6.07 Å². The lowest BCUT2D eigenvalue weighted by atomic mass is 10.00. The molecule has 0 spiro atoms. The molecule has 1 atom stereocenters. The van der Waals surface area contributed by atoms with Crippen LogP contribution in [0.3, 0.4) is 0 Å². The number of rotatable bonds is 3. The SMILES string of the molecule is COC(=O)C(OC(C)(C)C)c1c(F)cc(I)c(N)c1C. The molecule has 0 aliphatic rings. The molecule has 112 valence electrons. The van der Waals surface area contributed by atoms with Crippen molar-refractivity contribution in [2.45, 2.75) is 39.4 Å². The van der Waals surface area contributed by atoms with E-state index in [9.17, 15) is 9.18 Å². The Balaban J connectivity index is 3.42. The standard InChI is InChI=1S/C14H19FINO3/c1-7-10(8(15)6-9(16)11(7)17)12(13(18)19-5)20-14(2,3)4/h6,12H,17H2,1-5H3. The Labute approximate surface area is 132 Å². The van der Waals surface area contributed by atoms with Gasteiger partial charge in [0.2, 0.25) is 0 Å². The molecule has 2 N–H and O–H groups in total. The minimum absolute atomic E-state index is 0.129. The lowest BCUT2D eigenvalue weighted by molar-refractivity contribution is -0.164. The summed E-state index contributed by atoms with van der Waals surface area (Å²) in [5, 5.41) is 0. The molecule has 0 amide bonds. The Morgan fingerprint density at radius 1 is 1.45 bits per heavy atom. The first kappa shape index (κ1) is 17.2. The molecule has 0 radical (unpaired) electrons. The Bertz CT molecular complexity index is 526. The maximum absolute atomic E-state index is 14.3. The van der Waals surface area contributed by atoms with E-state index in [1.807, 2.05) is 22.6 Å². The number of hydrogen-bond donors (Lipinski definition) is 1. The molecule has 1 aromatic carbocycles. The van der Waals surface area contributed by atoms with E-state index >= 15 is 0 Å². The summed E-state index contributed by atoms with van der Waals surface area (Å²) in [5.41, 5.74) is 6.35. The summed E-state index contributed by atoms with van der Waals surface area (Å²) in [5.74, 6) is -1.18. The average molecular weight is 395 g/mol. The molecule has 0 saturated carbocycles. The van der Waals surface area contributed by atoms with E-state index in [1.54, 1.807) is 27.7 Å². The molecular formula is C14H19FINO3. The molecule has 1 aromatic rings. The van der Waals surface area contributed by atoms with Crippen LogP contribution in [0.25, 0.3) is 0 Å². The molecule has 0 bridgehead atoms. The highest BCUT2D eigenvalue weighted by Crippen LogP contribution is 2.34. The van der Waals surface area contributed by atoms with Crippen LogP contribution in [-0.4, -0.2) is 18.7 Å². The van der Waals surface area contributed by atoms with Gasteiger partial charge in [-0.05, 0) is 61.9 Å². The van der Waals surface area contributed by atoms with E-state index in [0.29, 0.717) is 14.8 Å². The van der Waals surface area contributed by atoms with Gasteiger partial charge in [-0.1, -0.05) is 0 Å². The van der Waals surface area contributed by atoms with Gasteiger partial charge in [-0.3, -0.25) is 0 Å². The zero-order valence-electron chi connectivity index (χ0n) is 12.2. The van der Waals surface area contributed by atoms with Gasteiger partial charge in [0, 0.05) is 14.8 Å². The van der Waals surface area contributed by atoms with Crippen molar-refractivity contribution in [2.24, 2.45) is 0 Å². The average Bonchev–Trinajstić information content (AvgIpc) is 2.32. The number of carbonyl (C=O) groups excluding carboxylic acids is 1. The second-order valence-electron chi connectivity index (χ2n) is 5.43. The van der Waals surface area contributed by atoms with Crippen LogP contribution in [0.1, 0.15) is 38.0 Å². The summed E-state index contributed by atoms with van der Waals surface area (Å²) in [6.45, 7) is 7.02. The van der Waals surface area contributed by atoms with Crippen LogP contribution >= 0.6 is 22.6 Å². The van der Waals surface area contributed by atoms with Crippen molar-refractivity contribution in [1.29, 1.82) is 0 Å². The van der Waals surface area contributed by atoms with Crippen LogP contribution in [0.2, 0.25) is 0 Å². The smallest absolute Gasteiger partial charge is 0.339 e. The quantitative estimate of drug-likeness (QED) is 0.485. The van der Waals surface area contributed by atoms with Gasteiger partial charge in [-0.15, -0.1) is 0 Å². The largest absolute Gasteiger partial charge is 0.467 e. The minimum atomic E-state index is -1.14. The maximum atomic E-state index is 14.3. The molecule has 0 aliphatic carbocycles. The summed E-state index contributed by atoms with van der Waals surface area (Å²) in [7, 11) is 1.24. The first-order valence-electron chi connectivity index (χ1n) is 6.08. The first-order chi connectivity index (χ1) is 9.08. The Kier molecular flexibility index (Phi) is 5.37. The van der Waals surface area contributed by atoms with Crippen molar-refractivity contribution < 1.29 is 18.7 Å². The van der Waals surface area contributed by atoms with E-state index < -0.39 is 23.5 Å². The number of anilines is 1. The van der Waals surface area contributed by atoms with E-state index in [1.165, 1.54) is 13.2 Å². The molecule has 0 aliphatic heterocycles. The van der Waals surface area contributed by atoms with Gasteiger partial charge in [-0.25, -0.2) is 9.18 Å². The fourth-order valence-corrected chi connectivity index (χ4v) is 2.46. The van der Waals surface area contributed by atoms with E-state index in [4.69, 9.17) is 15.2 Å². The third kappa shape index (κ3) is 3.82. The number of benzene rings is 1. The van der Waals surface area contributed by atoms with Gasteiger partial charge in [0.25, 0.3) is 0 Å². The number of ether oxygens (including phenoxy) is 2. The molecule has 0 heterocycles. The van der Waals surface area contributed by atoms with Gasteiger partial charge < -0.3 is 15.2 Å². The van der Waals surface area contributed by atoms with Crippen LogP contribution in [0.4, 0.5) is 10.1 Å². The van der Waals surface area contributed by atoms with Crippen LogP contribution in [0.5, 0.6) is 0 Å². The lowest BCUT2D eigenvalue weighted by Gasteiger charge is -2.27. The van der Waals surface area contributed by atoms with Gasteiger partial charge in [0.1, 0.15) is 5.82 Å². The zero-order chi connectivity index (χ0) is 15.7. The summed E-state index contributed by atoms with van der Waals surface area (Å²) >= 11 is 1.95. The zero-order valence-corrected chi connectivity index (χ0v) is 14.4. The molecule has 6 heteroatoms. The number of hydrogen-bond acceptors (Lipinski definition) is 4. The van der Waals surface area contributed by atoms with Crippen LogP contribution in [0, 0.1) is 16.3 Å². The summed E-state index contributed by atoms with van der Waals surface area (Å²) in [6.07, 6.45) is -1.14. The number of carbonyl (C=O) groups is 1. The normalized spacial score (nSPS) is 13.2. The first-order valence-corrected chi connectivity index (χ1v) is 7.16. The van der Waals surface area contributed by atoms with Gasteiger partial charge in [0.15, 0.2) is 6.10 Å². The summed E-state index contributed by atoms with van der Waals surface area (Å²) < 4.78 is 25.2. The molecule has 20 heavy (non-hydrogen) atoms. The number of nitrogens with two attached hydrogens (primary N) is 1. The molecule has 0 aromatic heterocycles. The summed E-state index contributed by atoms with van der Waals surface area (Å²) in [6, 6.07) is 1.29. The van der Waals surface area contributed by atoms with Crippen molar-refractivity contribution in [3.8, 4) is 0 Å². The van der Waals surface area contributed by atoms with Crippen molar-refractivity contribution >= 4 is 34.2 Å². The third-order valence-corrected chi connectivity index (χ3v) is 3.62. The van der Waals surface area contributed by atoms with E-state index in [0.717, 1.165) is 0 Å². The highest BCUT2D eigenvalue weighted by atomic mass is 127. The predicted octanol–water partition coefficient (Wildman–Crippen LogP) is 3.35. The minimum Gasteiger partial charge on any atom is -0.467 e. The van der Waals surface area contributed by atoms with Crippen LogP contribution < -0.4 is 5.73 Å².